The van der Waals surface area contributed by atoms with Crippen molar-refractivity contribution in [1.82, 2.24) is 0 Å². The first-order chi connectivity index (χ1) is 15.5. The molecule has 0 heterocycles. The van der Waals surface area contributed by atoms with E-state index in [1.807, 2.05) is 54.6 Å². The highest BCUT2D eigenvalue weighted by Crippen LogP contribution is 2.08. The van der Waals surface area contributed by atoms with E-state index in [0.717, 1.165) is 22.3 Å². The molecule has 0 N–H and O–H groups in total. The molecule has 156 valence electrons. The zero-order valence-corrected chi connectivity index (χ0v) is 19.2. The van der Waals surface area contributed by atoms with Crippen molar-refractivity contribution >= 4 is 0 Å². The molecule has 0 saturated heterocycles. The average Bonchev–Trinajstić information content (AvgIpc) is 2.77. The van der Waals surface area contributed by atoms with Crippen LogP contribution in [0.25, 0.3) is 0 Å². The molecule has 4 aromatic carbocycles. The first kappa shape index (κ1) is 22.7. The normalized spacial score (nSPS) is 9.38. The monoisotopic (exact) mass is 412 g/mol. The molecule has 0 radical (unpaired) electrons. The number of rotatable bonds is 0. The van der Waals surface area contributed by atoms with Gasteiger partial charge in [0.05, 0.1) is 0 Å². The molecular weight excluding hydrogens is 384 g/mol. The standard InChI is InChI=1S/2C16H14/c1-13-5-3-7-15(11-13)9-10-16-8-4-6-14(2)12-16;1-13-10-14(2)12-16(11-13)9-8-15-6-4-3-5-7-15/h3-8,11-12H,1-2H3;3-7,10-12H,1-2H3. The summed E-state index contributed by atoms with van der Waals surface area (Å²) >= 11 is 0. The summed E-state index contributed by atoms with van der Waals surface area (Å²) in [6.07, 6.45) is 0. The van der Waals surface area contributed by atoms with Crippen LogP contribution in [-0.2, 0) is 0 Å². The molecule has 0 aliphatic heterocycles. The van der Waals surface area contributed by atoms with Gasteiger partial charge in [0, 0.05) is 22.3 Å². The molecule has 0 heteroatoms. The van der Waals surface area contributed by atoms with Crippen molar-refractivity contribution in [3.8, 4) is 23.7 Å². The molecule has 4 aromatic rings. The first-order valence-corrected chi connectivity index (χ1v) is 10.8. The van der Waals surface area contributed by atoms with E-state index in [2.05, 4.69) is 93.8 Å². The van der Waals surface area contributed by atoms with Gasteiger partial charge in [-0.2, -0.15) is 0 Å². The Balaban J connectivity index is 0.000000181. The zero-order valence-electron chi connectivity index (χ0n) is 19.2. The van der Waals surface area contributed by atoms with E-state index in [1.54, 1.807) is 0 Å². The summed E-state index contributed by atoms with van der Waals surface area (Å²) in [7, 11) is 0. The lowest BCUT2D eigenvalue weighted by atomic mass is 10.1. The average molecular weight is 413 g/mol. The number of aryl methyl sites for hydroxylation is 4. The van der Waals surface area contributed by atoms with Crippen LogP contribution in [-0.4, -0.2) is 0 Å². The van der Waals surface area contributed by atoms with E-state index in [0.29, 0.717) is 0 Å². The van der Waals surface area contributed by atoms with Crippen LogP contribution in [0.4, 0.5) is 0 Å². The summed E-state index contributed by atoms with van der Waals surface area (Å²) in [5, 5.41) is 0. The van der Waals surface area contributed by atoms with Gasteiger partial charge in [0.2, 0.25) is 0 Å². The minimum Gasteiger partial charge on any atom is -0.0622 e. The van der Waals surface area contributed by atoms with E-state index >= 15 is 0 Å². The Hall–Kier alpha value is -4.00. The first-order valence-electron chi connectivity index (χ1n) is 10.8. The molecule has 0 atom stereocenters. The van der Waals surface area contributed by atoms with Gasteiger partial charge in [0.25, 0.3) is 0 Å². The summed E-state index contributed by atoms with van der Waals surface area (Å²) in [5.74, 6) is 12.7. The Kier molecular flexibility index (Phi) is 8.09. The molecule has 0 saturated carbocycles. The lowest BCUT2D eigenvalue weighted by Gasteiger charge is -1.97. The third-order valence-electron chi connectivity index (χ3n) is 4.73. The molecule has 0 aliphatic rings. The van der Waals surface area contributed by atoms with Crippen LogP contribution in [0.1, 0.15) is 44.5 Å². The Labute approximate surface area is 193 Å². The van der Waals surface area contributed by atoms with Gasteiger partial charge in [-0.25, -0.2) is 0 Å². The third kappa shape index (κ3) is 7.68. The largest absolute Gasteiger partial charge is 0.0622 e. The summed E-state index contributed by atoms with van der Waals surface area (Å²) in [5.41, 5.74) is 9.30. The highest BCUT2D eigenvalue weighted by Gasteiger charge is 1.92. The van der Waals surface area contributed by atoms with Gasteiger partial charge in [-0.05, 0) is 98.5 Å². The number of hydrogen-bond donors (Lipinski definition) is 0. The summed E-state index contributed by atoms with van der Waals surface area (Å²) in [6.45, 7) is 8.36. The van der Waals surface area contributed by atoms with Crippen molar-refractivity contribution in [2.75, 3.05) is 0 Å². The lowest BCUT2D eigenvalue weighted by Crippen LogP contribution is -1.81. The molecule has 0 unspecified atom stereocenters. The fourth-order valence-corrected chi connectivity index (χ4v) is 3.30. The third-order valence-corrected chi connectivity index (χ3v) is 4.73. The highest BCUT2D eigenvalue weighted by molar-refractivity contribution is 5.46. The van der Waals surface area contributed by atoms with E-state index in [9.17, 15) is 0 Å². The topological polar surface area (TPSA) is 0 Å². The minimum atomic E-state index is 1.06. The van der Waals surface area contributed by atoms with Crippen LogP contribution in [0.3, 0.4) is 0 Å². The Morgan fingerprint density at radius 3 is 1.25 bits per heavy atom. The smallest absolute Gasteiger partial charge is 0.0254 e. The van der Waals surface area contributed by atoms with Gasteiger partial charge in [0.1, 0.15) is 0 Å². The van der Waals surface area contributed by atoms with Crippen LogP contribution >= 0.6 is 0 Å². The van der Waals surface area contributed by atoms with Gasteiger partial charge in [-0.15, -0.1) is 0 Å². The molecule has 0 nitrogen and oxygen atoms in total. The lowest BCUT2D eigenvalue weighted by molar-refractivity contribution is 1.37. The summed E-state index contributed by atoms with van der Waals surface area (Å²) < 4.78 is 0. The molecule has 0 spiro atoms. The predicted octanol–water partition coefficient (Wildman–Crippen LogP) is 7.41. The van der Waals surface area contributed by atoms with Crippen LogP contribution < -0.4 is 0 Å². The molecule has 32 heavy (non-hydrogen) atoms. The fraction of sp³-hybridized carbons (Fsp3) is 0.125. The van der Waals surface area contributed by atoms with Crippen LogP contribution in [0.15, 0.2) is 97.1 Å². The molecule has 0 fully saturated rings. The van der Waals surface area contributed by atoms with Crippen LogP contribution in [0, 0.1) is 51.4 Å². The second-order valence-electron chi connectivity index (χ2n) is 7.98. The van der Waals surface area contributed by atoms with Crippen molar-refractivity contribution in [3.05, 3.63) is 142 Å². The molecule has 0 bridgehead atoms. The minimum absolute atomic E-state index is 1.06. The maximum Gasteiger partial charge on any atom is 0.0254 e. The number of hydrogen-bond acceptors (Lipinski definition) is 0. The van der Waals surface area contributed by atoms with E-state index in [-0.39, 0.29) is 0 Å². The number of benzene rings is 4. The molecular formula is C32H28. The highest BCUT2D eigenvalue weighted by atomic mass is 14.0. The maximum atomic E-state index is 3.19. The Morgan fingerprint density at radius 1 is 0.344 bits per heavy atom. The molecule has 4 rings (SSSR count). The second kappa shape index (κ2) is 11.4. The Bertz CT molecular complexity index is 1230. The molecule has 0 aliphatic carbocycles. The van der Waals surface area contributed by atoms with Crippen LogP contribution in [0.2, 0.25) is 0 Å². The van der Waals surface area contributed by atoms with Gasteiger partial charge in [-0.1, -0.05) is 72.2 Å². The van der Waals surface area contributed by atoms with Crippen molar-refractivity contribution in [1.29, 1.82) is 0 Å². The fourth-order valence-electron chi connectivity index (χ4n) is 3.30. The van der Waals surface area contributed by atoms with Gasteiger partial charge in [0.15, 0.2) is 0 Å². The Morgan fingerprint density at radius 2 is 0.750 bits per heavy atom. The zero-order chi connectivity index (χ0) is 22.8. The van der Waals surface area contributed by atoms with E-state index < -0.39 is 0 Å². The van der Waals surface area contributed by atoms with Gasteiger partial charge < -0.3 is 0 Å². The SMILES string of the molecule is Cc1cc(C)cc(C#Cc2ccccc2)c1.Cc1cccc(C#Cc2cccc(C)c2)c1. The van der Waals surface area contributed by atoms with Crippen LogP contribution in [0.5, 0.6) is 0 Å². The maximum absolute atomic E-state index is 3.19. The predicted molar refractivity (Wildman–Crippen MR) is 137 cm³/mol. The van der Waals surface area contributed by atoms with Gasteiger partial charge in [-0.3, -0.25) is 0 Å². The quantitative estimate of drug-likeness (QED) is 0.264. The van der Waals surface area contributed by atoms with E-state index in [1.165, 1.54) is 22.3 Å². The van der Waals surface area contributed by atoms with Crippen molar-refractivity contribution in [2.24, 2.45) is 0 Å². The second-order valence-corrected chi connectivity index (χ2v) is 7.98. The van der Waals surface area contributed by atoms with Gasteiger partial charge >= 0.3 is 0 Å². The molecule has 0 aromatic heterocycles. The summed E-state index contributed by atoms with van der Waals surface area (Å²) in [4.78, 5) is 0. The van der Waals surface area contributed by atoms with Crippen molar-refractivity contribution in [3.63, 3.8) is 0 Å². The summed E-state index contributed by atoms with van der Waals surface area (Å²) in [6, 6.07) is 33.0. The van der Waals surface area contributed by atoms with Crippen molar-refractivity contribution < 1.29 is 0 Å². The molecule has 0 amide bonds. The van der Waals surface area contributed by atoms with E-state index in [4.69, 9.17) is 0 Å². The van der Waals surface area contributed by atoms with Crippen molar-refractivity contribution in [2.45, 2.75) is 27.7 Å².